The zero-order valence-corrected chi connectivity index (χ0v) is 8.62. The van der Waals surface area contributed by atoms with Gasteiger partial charge in [0.15, 0.2) is 0 Å². The van der Waals surface area contributed by atoms with Gasteiger partial charge in [0.2, 0.25) is 0 Å². The van der Waals surface area contributed by atoms with Gasteiger partial charge in [0.05, 0.1) is 25.2 Å². The molecule has 0 N–H and O–H groups in total. The quantitative estimate of drug-likeness (QED) is 0.627. The van der Waals surface area contributed by atoms with E-state index in [4.69, 9.17) is 10.00 Å². The SMILES string of the molecule is CC1CC(C)CC(OCCC#N)C1. The van der Waals surface area contributed by atoms with Crippen LogP contribution in [0.5, 0.6) is 0 Å². The molecule has 0 radical (unpaired) electrons. The van der Waals surface area contributed by atoms with Crippen LogP contribution >= 0.6 is 0 Å². The van der Waals surface area contributed by atoms with Gasteiger partial charge < -0.3 is 4.74 Å². The highest BCUT2D eigenvalue weighted by Crippen LogP contribution is 2.30. The van der Waals surface area contributed by atoms with Crippen molar-refractivity contribution in [3.8, 4) is 6.07 Å². The van der Waals surface area contributed by atoms with Crippen molar-refractivity contribution < 1.29 is 4.74 Å². The molecule has 1 fully saturated rings. The molecule has 1 aliphatic rings. The summed E-state index contributed by atoms with van der Waals surface area (Å²) in [5.41, 5.74) is 0. The van der Waals surface area contributed by atoms with Crippen LogP contribution in [0.25, 0.3) is 0 Å². The van der Waals surface area contributed by atoms with Crippen molar-refractivity contribution in [1.82, 2.24) is 0 Å². The van der Waals surface area contributed by atoms with Gasteiger partial charge in [0, 0.05) is 0 Å². The summed E-state index contributed by atoms with van der Waals surface area (Å²) in [6, 6.07) is 2.10. The average molecular weight is 181 g/mol. The molecule has 0 bridgehead atoms. The summed E-state index contributed by atoms with van der Waals surface area (Å²) >= 11 is 0. The van der Waals surface area contributed by atoms with E-state index in [1.54, 1.807) is 0 Å². The van der Waals surface area contributed by atoms with Crippen LogP contribution in [0.2, 0.25) is 0 Å². The third-order valence-electron chi connectivity index (χ3n) is 2.70. The van der Waals surface area contributed by atoms with E-state index in [1.165, 1.54) is 19.3 Å². The fraction of sp³-hybridized carbons (Fsp3) is 0.909. The lowest BCUT2D eigenvalue weighted by molar-refractivity contribution is 0.00378. The second-order valence-electron chi connectivity index (χ2n) is 4.32. The molecule has 2 heteroatoms. The van der Waals surface area contributed by atoms with Crippen LogP contribution in [0.4, 0.5) is 0 Å². The van der Waals surface area contributed by atoms with Crippen molar-refractivity contribution >= 4 is 0 Å². The van der Waals surface area contributed by atoms with E-state index in [0.29, 0.717) is 19.1 Å². The van der Waals surface area contributed by atoms with Crippen molar-refractivity contribution in [2.75, 3.05) is 6.61 Å². The Morgan fingerprint density at radius 2 is 1.85 bits per heavy atom. The fourth-order valence-electron chi connectivity index (χ4n) is 2.28. The van der Waals surface area contributed by atoms with Crippen LogP contribution < -0.4 is 0 Å². The molecule has 2 unspecified atom stereocenters. The molecule has 74 valence electrons. The van der Waals surface area contributed by atoms with E-state index in [-0.39, 0.29) is 0 Å². The Kier molecular flexibility index (Phi) is 4.24. The second-order valence-corrected chi connectivity index (χ2v) is 4.32. The van der Waals surface area contributed by atoms with Gasteiger partial charge in [0.1, 0.15) is 0 Å². The first kappa shape index (κ1) is 10.5. The van der Waals surface area contributed by atoms with Gasteiger partial charge in [-0.25, -0.2) is 0 Å². The summed E-state index contributed by atoms with van der Waals surface area (Å²) in [7, 11) is 0. The third kappa shape index (κ3) is 3.78. The van der Waals surface area contributed by atoms with Crippen LogP contribution in [-0.4, -0.2) is 12.7 Å². The molecular weight excluding hydrogens is 162 g/mol. The maximum atomic E-state index is 8.37. The van der Waals surface area contributed by atoms with Gasteiger partial charge in [-0.1, -0.05) is 13.8 Å². The molecule has 2 nitrogen and oxygen atoms in total. The number of nitrogens with zero attached hydrogens (tertiary/aromatic N) is 1. The van der Waals surface area contributed by atoms with E-state index < -0.39 is 0 Å². The molecule has 1 saturated carbocycles. The molecule has 1 rings (SSSR count). The van der Waals surface area contributed by atoms with E-state index >= 15 is 0 Å². The smallest absolute Gasteiger partial charge is 0.0645 e. The van der Waals surface area contributed by atoms with Crippen molar-refractivity contribution in [3.63, 3.8) is 0 Å². The van der Waals surface area contributed by atoms with E-state index in [0.717, 1.165) is 11.8 Å². The van der Waals surface area contributed by atoms with Gasteiger partial charge >= 0.3 is 0 Å². The van der Waals surface area contributed by atoms with Crippen molar-refractivity contribution in [2.24, 2.45) is 11.8 Å². The summed E-state index contributed by atoms with van der Waals surface area (Å²) in [4.78, 5) is 0. The first-order valence-corrected chi connectivity index (χ1v) is 5.21. The Morgan fingerprint density at radius 3 is 2.38 bits per heavy atom. The maximum absolute atomic E-state index is 8.37. The molecular formula is C11H19NO. The van der Waals surface area contributed by atoms with Crippen LogP contribution in [0.1, 0.15) is 39.5 Å². The normalized spacial score (nSPS) is 34.1. The Morgan fingerprint density at radius 1 is 1.23 bits per heavy atom. The maximum Gasteiger partial charge on any atom is 0.0645 e. The third-order valence-corrected chi connectivity index (χ3v) is 2.70. The summed E-state index contributed by atoms with van der Waals surface area (Å²) in [5, 5.41) is 8.37. The zero-order chi connectivity index (χ0) is 9.68. The predicted molar refractivity (Wildman–Crippen MR) is 52.1 cm³/mol. The Labute approximate surface area is 80.9 Å². The lowest BCUT2D eigenvalue weighted by atomic mass is 9.82. The molecule has 0 aromatic carbocycles. The summed E-state index contributed by atoms with van der Waals surface area (Å²) in [6.45, 7) is 5.19. The minimum atomic E-state index is 0.409. The highest BCUT2D eigenvalue weighted by atomic mass is 16.5. The van der Waals surface area contributed by atoms with Gasteiger partial charge in [-0.15, -0.1) is 0 Å². The van der Waals surface area contributed by atoms with Crippen molar-refractivity contribution in [3.05, 3.63) is 0 Å². The highest BCUT2D eigenvalue weighted by molar-refractivity contribution is 4.76. The van der Waals surface area contributed by atoms with Crippen molar-refractivity contribution in [1.29, 1.82) is 5.26 Å². The number of hydrogen-bond donors (Lipinski definition) is 0. The predicted octanol–water partition coefficient (Wildman–Crippen LogP) is 2.74. The fourth-order valence-corrected chi connectivity index (χ4v) is 2.28. The van der Waals surface area contributed by atoms with Gasteiger partial charge in [-0.3, -0.25) is 0 Å². The molecule has 0 spiro atoms. The van der Waals surface area contributed by atoms with Crippen LogP contribution in [0.3, 0.4) is 0 Å². The molecule has 0 aromatic heterocycles. The van der Waals surface area contributed by atoms with Crippen LogP contribution in [-0.2, 0) is 4.74 Å². The topological polar surface area (TPSA) is 33.0 Å². The minimum absolute atomic E-state index is 0.409. The van der Waals surface area contributed by atoms with Gasteiger partial charge in [0.25, 0.3) is 0 Å². The van der Waals surface area contributed by atoms with Crippen LogP contribution in [0.15, 0.2) is 0 Å². The lowest BCUT2D eigenvalue weighted by Gasteiger charge is -2.31. The number of ether oxygens (including phenoxy) is 1. The van der Waals surface area contributed by atoms with Crippen LogP contribution in [0, 0.1) is 23.2 Å². The Balaban J connectivity index is 2.22. The lowest BCUT2D eigenvalue weighted by Crippen LogP contribution is -2.26. The molecule has 0 heterocycles. The molecule has 2 atom stereocenters. The monoisotopic (exact) mass is 181 g/mol. The molecule has 0 aliphatic heterocycles. The van der Waals surface area contributed by atoms with Gasteiger partial charge in [-0.05, 0) is 31.1 Å². The molecule has 0 amide bonds. The number of hydrogen-bond acceptors (Lipinski definition) is 2. The Hall–Kier alpha value is -0.550. The van der Waals surface area contributed by atoms with E-state index in [1.807, 2.05) is 0 Å². The largest absolute Gasteiger partial charge is 0.377 e. The van der Waals surface area contributed by atoms with Gasteiger partial charge in [-0.2, -0.15) is 5.26 Å². The minimum Gasteiger partial charge on any atom is -0.377 e. The number of nitriles is 1. The number of rotatable bonds is 3. The Bertz CT molecular complexity index is 175. The second kappa shape index (κ2) is 5.24. The molecule has 1 aliphatic carbocycles. The van der Waals surface area contributed by atoms with Crippen molar-refractivity contribution in [2.45, 2.75) is 45.6 Å². The summed E-state index contributed by atoms with van der Waals surface area (Å²) in [6.07, 6.45) is 4.62. The molecule has 0 aromatic rings. The molecule has 13 heavy (non-hydrogen) atoms. The summed E-state index contributed by atoms with van der Waals surface area (Å²) in [5.74, 6) is 1.58. The standard InChI is InChI=1S/C11H19NO/c1-9-6-10(2)8-11(7-9)13-5-3-4-12/h9-11H,3,5-8H2,1-2H3. The molecule has 0 saturated heterocycles. The van der Waals surface area contributed by atoms with E-state index in [9.17, 15) is 0 Å². The first-order chi connectivity index (χ1) is 6.22. The summed E-state index contributed by atoms with van der Waals surface area (Å²) < 4.78 is 5.64. The van der Waals surface area contributed by atoms with E-state index in [2.05, 4.69) is 19.9 Å². The average Bonchev–Trinajstić information content (AvgIpc) is 2.03. The first-order valence-electron chi connectivity index (χ1n) is 5.21. The zero-order valence-electron chi connectivity index (χ0n) is 8.62. The highest BCUT2D eigenvalue weighted by Gasteiger charge is 2.23.